The lowest BCUT2D eigenvalue weighted by molar-refractivity contribution is 0.406. The van der Waals surface area contributed by atoms with Gasteiger partial charge in [-0.1, -0.05) is 30.3 Å². The number of hydrogen-bond donors (Lipinski definition) is 0. The Balaban J connectivity index is 2.47. The largest absolute Gasteiger partial charge is 0.493 e. The summed E-state index contributed by atoms with van der Waals surface area (Å²) in [7, 11) is 1.62. The maximum absolute atomic E-state index is 5.11. The van der Waals surface area contributed by atoms with E-state index in [0.717, 1.165) is 11.1 Å². The topological polar surface area (TPSA) is 22.4 Å². The van der Waals surface area contributed by atoms with Crippen molar-refractivity contribution in [3.05, 3.63) is 42.9 Å². The lowest BCUT2D eigenvalue weighted by Crippen LogP contribution is -1.82. The highest BCUT2D eigenvalue weighted by atomic mass is 16.5. The summed E-state index contributed by atoms with van der Waals surface area (Å²) in [5, 5.41) is 0. The lowest BCUT2D eigenvalue weighted by Gasteiger charge is -1.99. The molecule has 65 valence electrons. The van der Waals surface area contributed by atoms with Crippen molar-refractivity contribution < 1.29 is 9.15 Å². The molecule has 0 fully saturated rings. The van der Waals surface area contributed by atoms with Crippen molar-refractivity contribution in [1.29, 1.82) is 0 Å². The molecule has 1 aromatic heterocycles. The minimum Gasteiger partial charge on any atom is -0.493 e. The molecule has 0 atom stereocenters. The third kappa shape index (κ3) is 1.43. The second-order valence-electron chi connectivity index (χ2n) is 2.65. The zero-order chi connectivity index (χ0) is 9.10. The predicted octanol–water partition coefficient (Wildman–Crippen LogP) is 2.76. The van der Waals surface area contributed by atoms with Gasteiger partial charge in [-0.3, -0.25) is 0 Å². The van der Waals surface area contributed by atoms with Crippen LogP contribution >= 0.6 is 0 Å². The van der Waals surface area contributed by atoms with Crippen LogP contribution in [0.5, 0.6) is 5.75 Å². The van der Waals surface area contributed by atoms with Crippen molar-refractivity contribution in [3.8, 4) is 16.9 Å². The zero-order valence-electron chi connectivity index (χ0n) is 7.28. The maximum Gasteiger partial charge on any atom is 0.181 e. The molecule has 1 aromatic carbocycles. The van der Waals surface area contributed by atoms with E-state index in [0.29, 0.717) is 5.75 Å². The van der Waals surface area contributed by atoms with Gasteiger partial charge >= 0.3 is 0 Å². The van der Waals surface area contributed by atoms with Gasteiger partial charge in [-0.2, -0.15) is 0 Å². The molecule has 2 heteroatoms. The SMILES string of the molecule is COc1co[c]c1-c1ccccc1. The predicted molar refractivity (Wildman–Crippen MR) is 49.5 cm³/mol. The fourth-order valence-electron chi connectivity index (χ4n) is 1.21. The number of hydrogen-bond acceptors (Lipinski definition) is 2. The van der Waals surface area contributed by atoms with Crippen molar-refractivity contribution in [3.63, 3.8) is 0 Å². The fraction of sp³-hybridized carbons (Fsp3) is 0.0909. The highest BCUT2D eigenvalue weighted by Gasteiger charge is 2.07. The summed E-state index contributed by atoms with van der Waals surface area (Å²) in [6.45, 7) is 0. The molecule has 0 aliphatic rings. The van der Waals surface area contributed by atoms with Gasteiger partial charge < -0.3 is 9.15 Å². The summed E-state index contributed by atoms with van der Waals surface area (Å²) in [5.41, 5.74) is 1.91. The first-order chi connectivity index (χ1) is 6.42. The molecule has 0 aliphatic heterocycles. The van der Waals surface area contributed by atoms with E-state index >= 15 is 0 Å². The van der Waals surface area contributed by atoms with Gasteiger partial charge in [0.25, 0.3) is 0 Å². The molecular weight excluding hydrogens is 164 g/mol. The van der Waals surface area contributed by atoms with Gasteiger partial charge in [0, 0.05) is 0 Å². The minimum atomic E-state index is 0.714. The first-order valence-corrected chi connectivity index (χ1v) is 4.00. The Hall–Kier alpha value is -1.70. The number of benzene rings is 1. The van der Waals surface area contributed by atoms with Gasteiger partial charge in [-0.25, -0.2) is 0 Å². The maximum atomic E-state index is 5.11. The van der Waals surface area contributed by atoms with Crippen molar-refractivity contribution in [2.75, 3.05) is 7.11 Å². The molecule has 13 heavy (non-hydrogen) atoms. The normalized spacial score (nSPS) is 9.92. The third-order valence-corrected chi connectivity index (χ3v) is 1.86. The molecule has 0 N–H and O–H groups in total. The summed E-state index contributed by atoms with van der Waals surface area (Å²) in [6.07, 6.45) is 4.32. The monoisotopic (exact) mass is 173 g/mol. The van der Waals surface area contributed by atoms with E-state index in [1.54, 1.807) is 13.4 Å². The van der Waals surface area contributed by atoms with Crippen LogP contribution in [0.3, 0.4) is 0 Å². The van der Waals surface area contributed by atoms with Gasteiger partial charge in [0.15, 0.2) is 12.0 Å². The molecule has 1 heterocycles. The average molecular weight is 173 g/mol. The number of methoxy groups -OCH3 is 1. The number of rotatable bonds is 2. The number of ether oxygens (including phenoxy) is 1. The highest BCUT2D eigenvalue weighted by Crippen LogP contribution is 2.29. The zero-order valence-corrected chi connectivity index (χ0v) is 7.28. The minimum absolute atomic E-state index is 0.714. The third-order valence-electron chi connectivity index (χ3n) is 1.86. The second-order valence-corrected chi connectivity index (χ2v) is 2.65. The van der Waals surface area contributed by atoms with Crippen LogP contribution in [0.1, 0.15) is 0 Å². The first kappa shape index (κ1) is 7.92. The van der Waals surface area contributed by atoms with Crippen molar-refractivity contribution in [2.45, 2.75) is 0 Å². The van der Waals surface area contributed by atoms with Gasteiger partial charge in [0.1, 0.15) is 6.26 Å². The van der Waals surface area contributed by atoms with Crippen LogP contribution in [0, 0.1) is 6.26 Å². The molecule has 2 rings (SSSR count). The van der Waals surface area contributed by atoms with Crippen LogP contribution in [0.25, 0.3) is 11.1 Å². The molecule has 0 bridgehead atoms. The van der Waals surface area contributed by atoms with Crippen LogP contribution in [0.15, 0.2) is 41.0 Å². The second kappa shape index (κ2) is 3.35. The van der Waals surface area contributed by atoms with Crippen LogP contribution < -0.4 is 4.74 Å². The average Bonchev–Trinajstić information content (AvgIpc) is 2.67. The highest BCUT2D eigenvalue weighted by molar-refractivity contribution is 5.68. The van der Waals surface area contributed by atoms with Crippen molar-refractivity contribution in [1.82, 2.24) is 0 Å². The molecule has 0 saturated carbocycles. The fourth-order valence-corrected chi connectivity index (χ4v) is 1.21. The number of furan rings is 1. The standard InChI is InChI=1S/C11H9O2/c1-12-11-8-13-7-10(11)9-5-3-2-4-6-9/h2-6,8H,1H3. The Kier molecular flexibility index (Phi) is 2.04. The Labute approximate surface area is 76.8 Å². The Morgan fingerprint density at radius 1 is 1.23 bits per heavy atom. The molecule has 0 amide bonds. The van der Waals surface area contributed by atoms with Crippen molar-refractivity contribution >= 4 is 0 Å². The smallest absolute Gasteiger partial charge is 0.181 e. The molecule has 0 saturated heterocycles. The van der Waals surface area contributed by atoms with E-state index in [2.05, 4.69) is 6.26 Å². The van der Waals surface area contributed by atoms with E-state index in [1.807, 2.05) is 30.3 Å². The molecule has 1 radical (unpaired) electrons. The van der Waals surface area contributed by atoms with Crippen LogP contribution in [-0.4, -0.2) is 7.11 Å². The molecule has 2 aromatic rings. The van der Waals surface area contributed by atoms with E-state index in [1.165, 1.54) is 0 Å². The quantitative estimate of drug-likeness (QED) is 0.696. The van der Waals surface area contributed by atoms with Crippen LogP contribution in [0.2, 0.25) is 0 Å². The summed E-state index contributed by atoms with van der Waals surface area (Å²) in [5.74, 6) is 0.714. The summed E-state index contributed by atoms with van der Waals surface area (Å²) < 4.78 is 10.1. The molecule has 0 unspecified atom stereocenters. The molecule has 0 spiro atoms. The Bertz CT molecular complexity index is 376. The molecule has 2 nitrogen and oxygen atoms in total. The Morgan fingerprint density at radius 2 is 2.00 bits per heavy atom. The summed E-state index contributed by atoms with van der Waals surface area (Å²) in [4.78, 5) is 0. The lowest BCUT2D eigenvalue weighted by atomic mass is 10.1. The summed E-state index contributed by atoms with van der Waals surface area (Å²) >= 11 is 0. The van der Waals surface area contributed by atoms with Gasteiger partial charge in [-0.05, 0) is 5.56 Å². The van der Waals surface area contributed by atoms with Crippen molar-refractivity contribution in [2.24, 2.45) is 0 Å². The van der Waals surface area contributed by atoms with Gasteiger partial charge in [0.05, 0.1) is 12.7 Å². The molecule has 0 aliphatic carbocycles. The summed E-state index contributed by atoms with van der Waals surface area (Å²) in [6, 6.07) is 9.88. The van der Waals surface area contributed by atoms with E-state index in [9.17, 15) is 0 Å². The Morgan fingerprint density at radius 3 is 2.69 bits per heavy atom. The van der Waals surface area contributed by atoms with Gasteiger partial charge in [0.2, 0.25) is 0 Å². The van der Waals surface area contributed by atoms with Crippen LogP contribution in [0.4, 0.5) is 0 Å². The molecular formula is C11H9O2. The van der Waals surface area contributed by atoms with E-state index in [4.69, 9.17) is 9.15 Å². The van der Waals surface area contributed by atoms with Gasteiger partial charge in [-0.15, -0.1) is 0 Å². The van der Waals surface area contributed by atoms with Crippen LogP contribution in [-0.2, 0) is 0 Å². The van der Waals surface area contributed by atoms with E-state index in [-0.39, 0.29) is 0 Å². The van der Waals surface area contributed by atoms with E-state index < -0.39 is 0 Å². The first-order valence-electron chi connectivity index (χ1n) is 4.00.